The molecule has 4 nitrogen and oxygen atoms in total. The first kappa shape index (κ1) is 20.3. The van der Waals surface area contributed by atoms with Crippen LogP contribution in [-0.2, 0) is 9.47 Å². The fourth-order valence-electron chi connectivity index (χ4n) is 3.87. The van der Waals surface area contributed by atoms with Gasteiger partial charge < -0.3 is 9.47 Å². The van der Waals surface area contributed by atoms with Crippen molar-refractivity contribution in [3.63, 3.8) is 0 Å². The smallest absolute Gasteiger partial charge is 0.338 e. The maximum Gasteiger partial charge on any atom is 0.338 e. The molecular formula is C24H20O4S2. The number of hydrogen-bond acceptors (Lipinski definition) is 6. The monoisotopic (exact) mass is 436 g/mol. The Bertz CT molecular complexity index is 1250. The van der Waals surface area contributed by atoms with Crippen LogP contribution in [0.4, 0.5) is 0 Å². The lowest BCUT2D eigenvalue weighted by Crippen LogP contribution is -2.09. The highest BCUT2D eigenvalue weighted by Gasteiger charge is 2.25. The zero-order valence-electron chi connectivity index (χ0n) is 17.1. The van der Waals surface area contributed by atoms with Crippen LogP contribution >= 0.6 is 22.7 Å². The maximum absolute atomic E-state index is 12.8. The van der Waals surface area contributed by atoms with E-state index in [0.29, 0.717) is 11.1 Å². The van der Waals surface area contributed by atoms with E-state index >= 15 is 0 Å². The van der Waals surface area contributed by atoms with E-state index in [1.54, 1.807) is 22.7 Å². The number of esters is 2. The Kier molecular flexibility index (Phi) is 5.45. The van der Waals surface area contributed by atoms with Gasteiger partial charge in [0, 0.05) is 20.9 Å². The summed E-state index contributed by atoms with van der Waals surface area (Å²) in [5.41, 5.74) is 4.49. The van der Waals surface area contributed by atoms with E-state index in [4.69, 9.17) is 9.47 Å². The predicted octanol–water partition coefficient (Wildman–Crippen LogP) is 6.49. The first-order chi connectivity index (χ1) is 14.5. The third kappa shape index (κ3) is 3.22. The normalized spacial score (nSPS) is 10.9. The van der Waals surface area contributed by atoms with Crippen molar-refractivity contribution in [2.24, 2.45) is 0 Å². The third-order valence-electron chi connectivity index (χ3n) is 5.31. The van der Waals surface area contributed by atoms with Crippen molar-refractivity contribution in [3.05, 3.63) is 69.4 Å². The minimum absolute atomic E-state index is 0.365. The molecule has 0 radical (unpaired) electrons. The molecule has 0 aliphatic carbocycles. The summed E-state index contributed by atoms with van der Waals surface area (Å²) in [6.07, 6.45) is 0. The van der Waals surface area contributed by atoms with Crippen LogP contribution in [0.1, 0.15) is 31.8 Å². The van der Waals surface area contributed by atoms with Gasteiger partial charge in [-0.25, -0.2) is 9.59 Å². The van der Waals surface area contributed by atoms with Gasteiger partial charge >= 0.3 is 11.9 Å². The summed E-state index contributed by atoms with van der Waals surface area (Å²) < 4.78 is 10.2. The van der Waals surface area contributed by atoms with Gasteiger partial charge in [-0.15, -0.1) is 22.7 Å². The van der Waals surface area contributed by atoms with E-state index < -0.39 is 0 Å². The molecule has 0 atom stereocenters. The average molecular weight is 437 g/mol. The molecule has 0 saturated heterocycles. The Morgan fingerprint density at radius 1 is 0.800 bits per heavy atom. The topological polar surface area (TPSA) is 52.6 Å². The van der Waals surface area contributed by atoms with E-state index in [0.717, 1.165) is 42.8 Å². The number of rotatable bonds is 4. The molecule has 2 aromatic heterocycles. The Balaban J connectivity index is 2.15. The van der Waals surface area contributed by atoms with E-state index in [-0.39, 0.29) is 11.9 Å². The molecule has 0 saturated carbocycles. The largest absolute Gasteiger partial charge is 0.465 e. The minimum atomic E-state index is -0.382. The Labute approximate surface area is 182 Å². The molecule has 2 aromatic carbocycles. The molecule has 0 aliphatic rings. The van der Waals surface area contributed by atoms with Gasteiger partial charge in [0.05, 0.1) is 25.3 Å². The van der Waals surface area contributed by atoms with Gasteiger partial charge in [0.25, 0.3) is 0 Å². The van der Waals surface area contributed by atoms with E-state index in [9.17, 15) is 9.59 Å². The summed E-state index contributed by atoms with van der Waals surface area (Å²) in [7, 11) is 2.79. The van der Waals surface area contributed by atoms with Crippen LogP contribution in [0.15, 0.2) is 47.2 Å². The number of ether oxygens (including phenoxy) is 2. The van der Waals surface area contributed by atoms with Gasteiger partial charge in [-0.3, -0.25) is 0 Å². The molecule has 30 heavy (non-hydrogen) atoms. The van der Waals surface area contributed by atoms with Gasteiger partial charge in [-0.1, -0.05) is 12.1 Å². The Hall–Kier alpha value is -2.96. The molecule has 0 aliphatic heterocycles. The molecule has 4 aromatic rings. The van der Waals surface area contributed by atoms with Crippen LogP contribution in [0.5, 0.6) is 0 Å². The molecule has 152 valence electrons. The van der Waals surface area contributed by atoms with E-state index in [1.165, 1.54) is 14.2 Å². The summed E-state index contributed by atoms with van der Waals surface area (Å²) >= 11 is 3.12. The van der Waals surface area contributed by atoms with Gasteiger partial charge in [0.2, 0.25) is 0 Å². The lowest BCUT2D eigenvalue weighted by Gasteiger charge is -2.19. The number of aryl methyl sites for hydroxylation is 2. The van der Waals surface area contributed by atoms with Crippen molar-refractivity contribution in [3.8, 4) is 20.9 Å². The molecule has 0 unspecified atom stereocenters. The predicted molar refractivity (Wildman–Crippen MR) is 123 cm³/mol. The van der Waals surface area contributed by atoms with Crippen LogP contribution in [0.3, 0.4) is 0 Å². The zero-order chi connectivity index (χ0) is 21.4. The van der Waals surface area contributed by atoms with Crippen molar-refractivity contribution in [2.45, 2.75) is 13.8 Å². The van der Waals surface area contributed by atoms with Crippen LogP contribution in [0.25, 0.3) is 31.7 Å². The first-order valence-electron chi connectivity index (χ1n) is 9.33. The summed E-state index contributed by atoms with van der Waals surface area (Å²) in [6, 6.07) is 11.7. The summed E-state index contributed by atoms with van der Waals surface area (Å²) in [5.74, 6) is -0.748. The fraction of sp³-hybridized carbons (Fsp3) is 0.167. The van der Waals surface area contributed by atoms with Crippen molar-refractivity contribution < 1.29 is 19.1 Å². The first-order valence-corrected chi connectivity index (χ1v) is 11.1. The molecule has 2 heterocycles. The standard InChI is InChI=1S/C24H20O4S2/c1-13-16-12-18(23(25)27-3)17(19-7-5-9-29-19)11-15(16)14(2)22(24(26)28-4)21(13)20-8-6-10-30-20/h5-12H,1-4H3. The second-order valence-corrected chi connectivity index (χ2v) is 8.78. The highest BCUT2D eigenvalue weighted by molar-refractivity contribution is 7.13. The maximum atomic E-state index is 12.8. The van der Waals surface area contributed by atoms with Crippen LogP contribution < -0.4 is 0 Å². The number of carbonyl (C=O) groups is 2. The van der Waals surface area contributed by atoms with E-state index in [1.807, 2.05) is 61.0 Å². The molecule has 0 N–H and O–H groups in total. The van der Waals surface area contributed by atoms with Crippen molar-refractivity contribution in [1.82, 2.24) is 0 Å². The van der Waals surface area contributed by atoms with Crippen LogP contribution in [0, 0.1) is 13.8 Å². The Morgan fingerprint density at radius 3 is 1.97 bits per heavy atom. The quantitative estimate of drug-likeness (QED) is 0.343. The summed E-state index contributed by atoms with van der Waals surface area (Å²) in [4.78, 5) is 27.4. The van der Waals surface area contributed by atoms with Gasteiger partial charge in [-0.05, 0) is 70.8 Å². The highest BCUT2D eigenvalue weighted by atomic mass is 32.1. The second-order valence-electron chi connectivity index (χ2n) is 6.88. The van der Waals surface area contributed by atoms with Gasteiger partial charge in [0.1, 0.15) is 0 Å². The molecule has 0 bridgehead atoms. The number of benzene rings is 2. The number of fused-ring (bicyclic) bond motifs is 1. The average Bonchev–Trinajstić information content (AvgIpc) is 3.48. The second kappa shape index (κ2) is 8.05. The van der Waals surface area contributed by atoms with Crippen molar-refractivity contribution in [2.75, 3.05) is 14.2 Å². The molecule has 0 amide bonds. The molecule has 0 spiro atoms. The number of hydrogen-bond donors (Lipinski definition) is 0. The lowest BCUT2D eigenvalue weighted by molar-refractivity contribution is 0.0592. The third-order valence-corrected chi connectivity index (χ3v) is 7.11. The van der Waals surface area contributed by atoms with Gasteiger partial charge in [0.15, 0.2) is 0 Å². The van der Waals surface area contributed by atoms with Crippen molar-refractivity contribution in [1.29, 1.82) is 0 Å². The molecule has 0 fully saturated rings. The minimum Gasteiger partial charge on any atom is -0.465 e. The van der Waals surface area contributed by atoms with Crippen molar-refractivity contribution >= 4 is 45.4 Å². The molecule has 4 rings (SSSR count). The molecule has 6 heteroatoms. The SMILES string of the molecule is COC(=O)c1cc2c(C)c(-c3cccs3)c(C(=O)OC)c(C)c2cc1-c1cccs1. The summed E-state index contributed by atoms with van der Waals surface area (Å²) in [5, 5.41) is 5.79. The van der Waals surface area contributed by atoms with Crippen LogP contribution in [0.2, 0.25) is 0 Å². The van der Waals surface area contributed by atoms with Crippen LogP contribution in [-0.4, -0.2) is 26.2 Å². The highest BCUT2D eigenvalue weighted by Crippen LogP contribution is 2.42. The van der Waals surface area contributed by atoms with E-state index in [2.05, 4.69) is 0 Å². The number of carbonyl (C=O) groups excluding carboxylic acids is 2. The summed E-state index contributed by atoms with van der Waals surface area (Å²) in [6.45, 7) is 3.91. The molecular weight excluding hydrogens is 416 g/mol. The number of thiophene rings is 2. The zero-order valence-corrected chi connectivity index (χ0v) is 18.7. The fourth-order valence-corrected chi connectivity index (χ4v) is 5.46. The number of methoxy groups -OCH3 is 2. The lowest BCUT2D eigenvalue weighted by atomic mass is 9.87. The van der Waals surface area contributed by atoms with Gasteiger partial charge in [-0.2, -0.15) is 0 Å². The Morgan fingerprint density at radius 2 is 1.40 bits per heavy atom.